The van der Waals surface area contributed by atoms with Gasteiger partial charge in [-0.05, 0) is 66.6 Å². The number of amides is 4. The molecule has 0 aliphatic carbocycles. The number of nitrogens with zero attached hydrogens (tertiary/aromatic N) is 6. The van der Waals surface area contributed by atoms with Crippen molar-refractivity contribution in [2.45, 2.75) is 64.3 Å². The smallest absolute Gasteiger partial charge is 0.272 e. The van der Waals surface area contributed by atoms with E-state index in [-0.39, 0.29) is 53.5 Å². The van der Waals surface area contributed by atoms with Crippen LogP contribution in [-0.4, -0.2) is 93.3 Å². The number of nitriles is 1. The molecule has 1 aliphatic heterocycles. The minimum atomic E-state index is -0.628. The molecule has 13 nitrogen and oxygen atoms in total. The standard InChI is InChI=1S/C46H49FN8O5S/c1-3-8-40(53(2)45(59)34(30-48)29-42-50-21-26-61-42)33-16-12-31(13-17-33)15-19-41(56)49-20-7-6-11-43(57)54-22-24-55(25-23-54)46(60)37-27-32(14-18-38(37)47)28-39-35-9-4-5-10-36(35)44(58)52-51-39/h4-5,9-10,12-14,16-18,21,26-27,29,40H,3,6-8,11,15,19-20,22-25,28H2,1-2H3,(H,49,56)(H,52,58)/b34-29+. The van der Waals surface area contributed by atoms with E-state index in [1.165, 1.54) is 29.5 Å². The van der Waals surface area contributed by atoms with Gasteiger partial charge in [0.1, 0.15) is 22.5 Å². The molecule has 0 saturated carbocycles. The summed E-state index contributed by atoms with van der Waals surface area (Å²) in [6.45, 7) is 3.76. The molecule has 5 aromatic rings. The first-order valence-corrected chi connectivity index (χ1v) is 21.4. The van der Waals surface area contributed by atoms with E-state index in [1.807, 2.05) is 49.4 Å². The van der Waals surface area contributed by atoms with Crippen LogP contribution in [0.15, 0.2) is 88.7 Å². The molecule has 0 spiro atoms. The van der Waals surface area contributed by atoms with Gasteiger partial charge in [0.05, 0.1) is 22.7 Å². The average Bonchev–Trinajstić information content (AvgIpc) is 3.81. The van der Waals surface area contributed by atoms with Gasteiger partial charge in [0.2, 0.25) is 11.8 Å². The van der Waals surface area contributed by atoms with Crippen molar-refractivity contribution in [3.8, 4) is 6.07 Å². The van der Waals surface area contributed by atoms with Crippen molar-refractivity contribution in [3.05, 3.63) is 133 Å². The second-order valence-electron chi connectivity index (χ2n) is 15.0. The van der Waals surface area contributed by atoms with Crippen LogP contribution in [-0.2, 0) is 27.2 Å². The summed E-state index contributed by atoms with van der Waals surface area (Å²) in [7, 11) is 1.71. The molecule has 61 heavy (non-hydrogen) atoms. The Morgan fingerprint density at radius 1 is 0.984 bits per heavy atom. The fraction of sp³-hybridized carbons (Fsp3) is 0.348. The molecule has 0 radical (unpaired) electrons. The third-order valence-corrected chi connectivity index (χ3v) is 11.6. The third kappa shape index (κ3) is 11.4. The number of carbonyl (C=O) groups excluding carboxylic acids is 4. The SMILES string of the molecule is CCCC(c1ccc(CCC(=O)NCCCCC(=O)N2CCN(C(=O)c3cc(Cc4n[nH]c(=O)c5ccccc45)ccc3F)CC2)cc1)N(C)C(=O)/C(C#N)=C/c1nccs1. The minimum Gasteiger partial charge on any atom is -0.356 e. The Labute approximate surface area is 357 Å². The number of hydrogen-bond acceptors (Lipinski definition) is 9. The number of nitrogens with one attached hydrogen (secondary N) is 2. The largest absolute Gasteiger partial charge is 0.356 e. The molecule has 4 amide bonds. The summed E-state index contributed by atoms with van der Waals surface area (Å²) in [6, 6.07) is 21.2. The fourth-order valence-corrected chi connectivity index (χ4v) is 8.04. The van der Waals surface area contributed by atoms with E-state index < -0.39 is 11.7 Å². The Balaban J connectivity index is 0.892. The van der Waals surface area contributed by atoms with Gasteiger partial charge < -0.3 is 20.0 Å². The highest BCUT2D eigenvalue weighted by Gasteiger charge is 2.27. The molecular weight excluding hydrogens is 796 g/mol. The van der Waals surface area contributed by atoms with Gasteiger partial charge in [-0.1, -0.05) is 61.9 Å². The first kappa shape index (κ1) is 44.0. The molecule has 3 heterocycles. The predicted octanol–water partition coefficient (Wildman–Crippen LogP) is 6.22. The van der Waals surface area contributed by atoms with Crippen LogP contribution in [0.25, 0.3) is 16.8 Å². The molecule has 1 unspecified atom stereocenters. The normalized spacial score (nSPS) is 13.4. The lowest BCUT2D eigenvalue weighted by Crippen LogP contribution is -2.50. The van der Waals surface area contributed by atoms with Gasteiger partial charge in [0.15, 0.2) is 0 Å². The Bertz CT molecular complexity index is 2470. The zero-order chi connectivity index (χ0) is 43.3. The molecule has 6 rings (SSSR count). The highest BCUT2D eigenvalue weighted by molar-refractivity contribution is 7.10. The third-order valence-electron chi connectivity index (χ3n) is 10.9. The zero-order valence-electron chi connectivity index (χ0n) is 34.4. The molecule has 1 aliphatic rings. The van der Waals surface area contributed by atoms with Crippen molar-refractivity contribution in [2.75, 3.05) is 39.8 Å². The van der Waals surface area contributed by atoms with Crippen LogP contribution < -0.4 is 10.9 Å². The van der Waals surface area contributed by atoms with Crippen LogP contribution in [0.4, 0.5) is 4.39 Å². The summed E-state index contributed by atoms with van der Waals surface area (Å²) >= 11 is 1.36. The first-order valence-electron chi connectivity index (χ1n) is 20.5. The number of benzene rings is 3. The maximum absolute atomic E-state index is 14.9. The molecule has 1 saturated heterocycles. The number of rotatable bonds is 17. The number of halogens is 1. The van der Waals surface area contributed by atoms with Crippen LogP contribution in [0.2, 0.25) is 0 Å². The van der Waals surface area contributed by atoms with Crippen molar-refractivity contribution in [2.24, 2.45) is 0 Å². The molecule has 0 bridgehead atoms. The second-order valence-corrected chi connectivity index (χ2v) is 15.9. The number of aromatic amines is 1. The fourth-order valence-electron chi connectivity index (χ4n) is 7.47. The number of likely N-dealkylation sites (N-methyl/N-ethyl adjacent to an activating group) is 1. The van der Waals surface area contributed by atoms with Gasteiger partial charge >= 0.3 is 0 Å². The summed E-state index contributed by atoms with van der Waals surface area (Å²) in [5.41, 5.74) is 2.92. The average molecular weight is 845 g/mol. The maximum Gasteiger partial charge on any atom is 0.272 e. The van der Waals surface area contributed by atoms with Gasteiger partial charge in [-0.25, -0.2) is 14.5 Å². The van der Waals surface area contributed by atoms with Crippen LogP contribution in [0, 0.1) is 17.1 Å². The van der Waals surface area contributed by atoms with Crippen molar-refractivity contribution in [1.82, 2.24) is 35.2 Å². The second kappa shape index (κ2) is 21.1. The van der Waals surface area contributed by atoms with Crippen molar-refractivity contribution < 1.29 is 23.6 Å². The number of hydrogen-bond donors (Lipinski definition) is 2. The number of H-pyrrole nitrogens is 1. The van der Waals surface area contributed by atoms with E-state index in [0.29, 0.717) is 85.2 Å². The lowest BCUT2D eigenvalue weighted by molar-refractivity contribution is -0.132. The van der Waals surface area contributed by atoms with Crippen molar-refractivity contribution >= 4 is 51.8 Å². The van der Waals surface area contributed by atoms with E-state index in [0.717, 1.165) is 24.0 Å². The molecule has 1 fully saturated rings. The van der Waals surface area contributed by atoms with E-state index in [2.05, 4.69) is 20.5 Å². The Hall–Kier alpha value is -6.53. The van der Waals surface area contributed by atoms with Crippen molar-refractivity contribution in [1.29, 1.82) is 5.26 Å². The van der Waals surface area contributed by atoms with E-state index >= 15 is 0 Å². The number of thiazole rings is 1. The summed E-state index contributed by atoms with van der Waals surface area (Å²) < 4.78 is 14.9. The molecule has 3 aromatic carbocycles. The zero-order valence-corrected chi connectivity index (χ0v) is 35.2. The monoisotopic (exact) mass is 844 g/mol. The minimum absolute atomic E-state index is 0.0231. The molecule has 2 N–H and O–H groups in total. The van der Waals surface area contributed by atoms with Gasteiger partial charge in [-0.2, -0.15) is 10.4 Å². The topological polar surface area (TPSA) is 172 Å². The van der Waals surface area contributed by atoms with E-state index in [4.69, 9.17) is 0 Å². The van der Waals surface area contributed by atoms with Crippen LogP contribution in [0.1, 0.15) is 89.2 Å². The number of aromatic nitrogens is 3. The van der Waals surface area contributed by atoms with Gasteiger partial charge in [0, 0.05) is 76.0 Å². The van der Waals surface area contributed by atoms with Gasteiger partial charge in [-0.15, -0.1) is 11.3 Å². The molecule has 1 atom stereocenters. The van der Waals surface area contributed by atoms with Crippen LogP contribution in [0.5, 0.6) is 0 Å². The van der Waals surface area contributed by atoms with Crippen molar-refractivity contribution in [3.63, 3.8) is 0 Å². The lowest BCUT2D eigenvalue weighted by atomic mass is 9.98. The highest BCUT2D eigenvalue weighted by Crippen LogP contribution is 2.27. The quantitative estimate of drug-likeness (QED) is 0.0631. The van der Waals surface area contributed by atoms with Gasteiger partial charge in [-0.3, -0.25) is 24.0 Å². The summed E-state index contributed by atoms with van der Waals surface area (Å²) in [5.74, 6) is -1.53. The predicted molar refractivity (Wildman–Crippen MR) is 232 cm³/mol. The molecule has 2 aromatic heterocycles. The Morgan fingerprint density at radius 2 is 1.70 bits per heavy atom. The van der Waals surface area contributed by atoms with Crippen LogP contribution in [0.3, 0.4) is 0 Å². The van der Waals surface area contributed by atoms with Gasteiger partial charge in [0.25, 0.3) is 17.4 Å². The van der Waals surface area contributed by atoms with Crippen LogP contribution >= 0.6 is 11.3 Å². The molecule has 15 heteroatoms. The van der Waals surface area contributed by atoms with E-state index in [9.17, 15) is 33.6 Å². The number of piperazine rings is 1. The summed E-state index contributed by atoms with van der Waals surface area (Å²) in [6.07, 6.45) is 7.42. The first-order chi connectivity index (χ1) is 29.6. The number of aryl methyl sites for hydroxylation is 1. The van der Waals surface area contributed by atoms with E-state index in [1.54, 1.807) is 51.5 Å². The number of unbranched alkanes of at least 4 members (excludes halogenated alkanes) is 1. The maximum atomic E-state index is 14.9. The number of carbonyl (C=O) groups is 4. The Kier molecular flexibility index (Phi) is 15.3. The summed E-state index contributed by atoms with van der Waals surface area (Å²) in [4.78, 5) is 73.5. The number of fused-ring (bicyclic) bond motifs is 1. The highest BCUT2D eigenvalue weighted by atomic mass is 32.1. The lowest BCUT2D eigenvalue weighted by Gasteiger charge is -2.35. The summed E-state index contributed by atoms with van der Waals surface area (Å²) in [5, 5.41) is 22.9. The molecular formula is C46H49FN8O5S. The molecule has 316 valence electrons. The Morgan fingerprint density at radius 3 is 2.41 bits per heavy atom.